The highest BCUT2D eigenvalue weighted by atomic mass is 16.4. The number of nitrogens with zero attached hydrogens (tertiary/aromatic N) is 1. The maximum atomic E-state index is 12.0. The Morgan fingerprint density at radius 1 is 1.24 bits per heavy atom. The molecule has 0 radical (unpaired) electrons. The first kappa shape index (κ1) is 17.0. The van der Waals surface area contributed by atoms with Gasteiger partial charge in [0.05, 0.1) is 0 Å². The first-order chi connectivity index (χ1) is 9.66. The van der Waals surface area contributed by atoms with Crippen LogP contribution in [-0.4, -0.2) is 34.6 Å². The fourth-order valence-electron chi connectivity index (χ4n) is 1.71. The number of aliphatic carboxylic acids is 1. The lowest BCUT2D eigenvalue weighted by Crippen LogP contribution is -2.53. The number of hydrogen-bond acceptors (Lipinski definition) is 2. The van der Waals surface area contributed by atoms with Crippen molar-refractivity contribution in [1.82, 2.24) is 10.2 Å². The third kappa shape index (κ3) is 4.21. The Labute approximate surface area is 126 Å². The molecule has 5 nitrogen and oxygen atoms in total. The molecule has 0 atom stereocenters. The molecule has 1 aromatic carbocycles. The second-order valence-electron chi connectivity index (χ2n) is 5.98. The standard InChI is InChI=1S/C16H24N2O3/c1-11(2)13-8-6-12(7-9-13)10-17-15(21)18(5)16(3,4)14(19)20/h6-9,11H,10H2,1-5H3,(H,17,21)(H,19,20). The van der Waals surface area contributed by atoms with Gasteiger partial charge in [-0.3, -0.25) is 0 Å². The molecule has 0 aliphatic rings. The summed E-state index contributed by atoms with van der Waals surface area (Å²) in [6.45, 7) is 7.61. The fourth-order valence-corrected chi connectivity index (χ4v) is 1.71. The van der Waals surface area contributed by atoms with E-state index in [2.05, 4.69) is 19.2 Å². The minimum atomic E-state index is -1.24. The molecule has 0 saturated carbocycles. The van der Waals surface area contributed by atoms with Gasteiger partial charge < -0.3 is 15.3 Å². The highest BCUT2D eigenvalue weighted by Gasteiger charge is 2.35. The van der Waals surface area contributed by atoms with Gasteiger partial charge in [0, 0.05) is 13.6 Å². The molecule has 0 saturated heterocycles. The number of carboxylic acid groups (broad SMARTS) is 1. The summed E-state index contributed by atoms with van der Waals surface area (Å²) < 4.78 is 0. The molecule has 0 unspecified atom stereocenters. The third-order valence-electron chi connectivity index (χ3n) is 3.76. The van der Waals surface area contributed by atoms with Crippen molar-refractivity contribution in [2.24, 2.45) is 0 Å². The van der Waals surface area contributed by atoms with Crippen molar-refractivity contribution in [2.75, 3.05) is 7.05 Å². The average molecular weight is 292 g/mol. The molecule has 0 aliphatic carbocycles. The molecular weight excluding hydrogens is 268 g/mol. The SMILES string of the molecule is CC(C)c1ccc(CNC(=O)N(C)C(C)(C)C(=O)O)cc1. The number of nitrogens with one attached hydrogen (secondary N) is 1. The van der Waals surface area contributed by atoms with E-state index in [0.29, 0.717) is 12.5 Å². The molecule has 5 heteroatoms. The molecule has 2 amide bonds. The zero-order chi connectivity index (χ0) is 16.2. The van der Waals surface area contributed by atoms with Crippen LogP contribution in [0.15, 0.2) is 24.3 Å². The van der Waals surface area contributed by atoms with Crippen molar-refractivity contribution in [2.45, 2.75) is 45.7 Å². The molecule has 0 heterocycles. The predicted molar refractivity (Wildman–Crippen MR) is 82.2 cm³/mol. The van der Waals surface area contributed by atoms with Crippen molar-refractivity contribution in [3.8, 4) is 0 Å². The number of carbonyl (C=O) groups excluding carboxylic acids is 1. The van der Waals surface area contributed by atoms with Crippen molar-refractivity contribution >= 4 is 12.0 Å². The number of likely N-dealkylation sites (N-methyl/N-ethyl adjacent to an activating group) is 1. The Balaban J connectivity index is 2.62. The number of hydrogen-bond donors (Lipinski definition) is 2. The number of benzene rings is 1. The Morgan fingerprint density at radius 2 is 1.76 bits per heavy atom. The highest BCUT2D eigenvalue weighted by Crippen LogP contribution is 2.15. The van der Waals surface area contributed by atoms with E-state index in [1.807, 2.05) is 24.3 Å². The van der Waals surface area contributed by atoms with Gasteiger partial charge in [0.1, 0.15) is 5.54 Å². The van der Waals surface area contributed by atoms with Crippen molar-refractivity contribution < 1.29 is 14.7 Å². The van der Waals surface area contributed by atoms with Crippen LogP contribution in [-0.2, 0) is 11.3 Å². The summed E-state index contributed by atoms with van der Waals surface area (Å²) in [6, 6.07) is 7.61. The highest BCUT2D eigenvalue weighted by molar-refractivity contribution is 5.85. The van der Waals surface area contributed by atoms with Gasteiger partial charge in [0.15, 0.2) is 0 Å². The van der Waals surface area contributed by atoms with Gasteiger partial charge in [-0.25, -0.2) is 9.59 Å². The molecule has 0 spiro atoms. The summed E-state index contributed by atoms with van der Waals surface area (Å²) >= 11 is 0. The van der Waals surface area contributed by atoms with Crippen LogP contribution in [0.1, 0.15) is 44.7 Å². The van der Waals surface area contributed by atoms with E-state index in [9.17, 15) is 9.59 Å². The van der Waals surface area contributed by atoms with Crippen LogP contribution < -0.4 is 5.32 Å². The van der Waals surface area contributed by atoms with E-state index in [-0.39, 0.29) is 0 Å². The second-order valence-corrected chi connectivity index (χ2v) is 5.98. The van der Waals surface area contributed by atoms with Crippen LogP contribution in [0.4, 0.5) is 4.79 Å². The molecule has 1 aromatic rings. The van der Waals surface area contributed by atoms with Crippen LogP contribution >= 0.6 is 0 Å². The zero-order valence-electron chi connectivity index (χ0n) is 13.3. The summed E-state index contributed by atoms with van der Waals surface area (Å²) in [7, 11) is 1.48. The van der Waals surface area contributed by atoms with Gasteiger partial charge in [-0.05, 0) is 30.9 Å². The van der Waals surface area contributed by atoms with E-state index in [1.165, 1.54) is 31.4 Å². The first-order valence-corrected chi connectivity index (χ1v) is 7.00. The Kier molecular flexibility index (Phi) is 5.35. The summed E-state index contributed by atoms with van der Waals surface area (Å²) in [5, 5.41) is 11.8. The second kappa shape index (κ2) is 6.61. The summed E-state index contributed by atoms with van der Waals surface area (Å²) in [6.07, 6.45) is 0. The Hall–Kier alpha value is -2.04. The van der Waals surface area contributed by atoms with Gasteiger partial charge in [-0.2, -0.15) is 0 Å². The van der Waals surface area contributed by atoms with E-state index >= 15 is 0 Å². The Bertz CT molecular complexity index is 507. The number of amides is 2. The molecule has 1 rings (SSSR count). The molecule has 0 aromatic heterocycles. The predicted octanol–water partition coefficient (Wildman–Crippen LogP) is 2.81. The molecule has 2 N–H and O–H groups in total. The van der Waals surface area contributed by atoms with E-state index in [4.69, 9.17) is 5.11 Å². The van der Waals surface area contributed by atoms with Crippen molar-refractivity contribution in [3.05, 3.63) is 35.4 Å². The van der Waals surface area contributed by atoms with Crippen LogP contribution in [0.5, 0.6) is 0 Å². The third-order valence-corrected chi connectivity index (χ3v) is 3.76. The van der Waals surface area contributed by atoms with Gasteiger partial charge >= 0.3 is 12.0 Å². The normalized spacial score (nSPS) is 11.3. The lowest BCUT2D eigenvalue weighted by molar-refractivity contribution is -0.146. The van der Waals surface area contributed by atoms with Crippen molar-refractivity contribution in [3.63, 3.8) is 0 Å². The fraction of sp³-hybridized carbons (Fsp3) is 0.500. The molecule has 21 heavy (non-hydrogen) atoms. The largest absolute Gasteiger partial charge is 0.480 e. The smallest absolute Gasteiger partial charge is 0.329 e. The summed E-state index contributed by atoms with van der Waals surface area (Å²) in [4.78, 5) is 24.3. The minimum Gasteiger partial charge on any atom is -0.480 e. The van der Waals surface area contributed by atoms with E-state index < -0.39 is 17.5 Å². The Morgan fingerprint density at radius 3 is 2.19 bits per heavy atom. The summed E-state index contributed by atoms with van der Waals surface area (Å²) in [5.74, 6) is -0.572. The van der Waals surface area contributed by atoms with E-state index in [1.54, 1.807) is 0 Å². The van der Waals surface area contributed by atoms with Gasteiger partial charge in [-0.15, -0.1) is 0 Å². The molecule has 116 valence electrons. The monoisotopic (exact) mass is 292 g/mol. The minimum absolute atomic E-state index is 0.372. The average Bonchev–Trinajstić information content (AvgIpc) is 2.44. The van der Waals surface area contributed by atoms with Crippen LogP contribution in [0.2, 0.25) is 0 Å². The van der Waals surface area contributed by atoms with Gasteiger partial charge in [-0.1, -0.05) is 38.1 Å². The molecule has 0 bridgehead atoms. The van der Waals surface area contributed by atoms with Gasteiger partial charge in [0.25, 0.3) is 0 Å². The number of carbonyl (C=O) groups is 2. The lowest BCUT2D eigenvalue weighted by Gasteiger charge is -2.31. The lowest BCUT2D eigenvalue weighted by atomic mass is 10.0. The number of rotatable bonds is 5. The van der Waals surface area contributed by atoms with Crippen molar-refractivity contribution in [1.29, 1.82) is 0 Å². The van der Waals surface area contributed by atoms with Crippen LogP contribution in [0.3, 0.4) is 0 Å². The number of carboxylic acids is 1. The summed E-state index contributed by atoms with van der Waals surface area (Å²) in [5.41, 5.74) is 0.981. The first-order valence-electron chi connectivity index (χ1n) is 7.00. The quantitative estimate of drug-likeness (QED) is 0.876. The molecular formula is C16H24N2O3. The zero-order valence-corrected chi connectivity index (χ0v) is 13.3. The number of urea groups is 1. The topological polar surface area (TPSA) is 69.6 Å². The van der Waals surface area contributed by atoms with E-state index in [0.717, 1.165) is 5.56 Å². The molecule has 0 fully saturated rings. The maximum Gasteiger partial charge on any atom is 0.329 e. The van der Waals surface area contributed by atoms with Crippen LogP contribution in [0.25, 0.3) is 0 Å². The van der Waals surface area contributed by atoms with Gasteiger partial charge in [0.2, 0.25) is 0 Å². The molecule has 0 aliphatic heterocycles. The maximum absolute atomic E-state index is 12.0. The van der Waals surface area contributed by atoms with Crippen LogP contribution in [0, 0.1) is 0 Å².